The summed E-state index contributed by atoms with van der Waals surface area (Å²) >= 11 is 0. The molecule has 29 heavy (non-hydrogen) atoms. The van der Waals surface area contributed by atoms with Gasteiger partial charge in [0.15, 0.2) is 0 Å². The van der Waals surface area contributed by atoms with E-state index in [1.54, 1.807) is 35.7 Å². The standard InChI is InChI=1S/C20H25F3N4O2/c1-14-18(19(29)27(25(14)2)16-8-4-3-5-9-16)24-17(28)10-12-26-11-6-7-15(13-26)20(21,22)23/h3-5,8-9,15H,6-7,10-13H2,1-2H3,(H,24,28)/t15-/m1/s1. The summed E-state index contributed by atoms with van der Waals surface area (Å²) in [5, 5.41) is 2.65. The fourth-order valence-electron chi connectivity index (χ4n) is 3.70. The van der Waals surface area contributed by atoms with Crippen LogP contribution < -0.4 is 10.9 Å². The summed E-state index contributed by atoms with van der Waals surface area (Å²) in [5.41, 5.74) is 1.12. The number of carbonyl (C=O) groups excluding carboxylic acids is 1. The minimum absolute atomic E-state index is 0.0314. The van der Waals surface area contributed by atoms with E-state index in [0.29, 0.717) is 24.3 Å². The highest BCUT2D eigenvalue weighted by atomic mass is 19.4. The van der Waals surface area contributed by atoms with Crippen LogP contribution in [-0.2, 0) is 11.8 Å². The van der Waals surface area contributed by atoms with Crippen molar-refractivity contribution >= 4 is 11.6 Å². The van der Waals surface area contributed by atoms with Crippen LogP contribution in [-0.4, -0.2) is 46.0 Å². The lowest BCUT2D eigenvalue weighted by atomic mass is 9.97. The number of likely N-dealkylation sites (tertiary alicyclic amines) is 1. The summed E-state index contributed by atoms with van der Waals surface area (Å²) < 4.78 is 41.9. The predicted molar refractivity (Wildman–Crippen MR) is 104 cm³/mol. The van der Waals surface area contributed by atoms with Gasteiger partial charge in [-0.25, -0.2) is 4.68 Å². The molecule has 2 heterocycles. The molecule has 1 aromatic heterocycles. The number of piperidine rings is 1. The molecule has 1 aliphatic heterocycles. The van der Waals surface area contributed by atoms with Crippen molar-refractivity contribution in [3.8, 4) is 5.69 Å². The van der Waals surface area contributed by atoms with Gasteiger partial charge in [-0.05, 0) is 38.4 Å². The monoisotopic (exact) mass is 410 g/mol. The molecule has 9 heteroatoms. The molecule has 1 saturated heterocycles. The quantitative estimate of drug-likeness (QED) is 0.824. The van der Waals surface area contributed by atoms with Crippen LogP contribution in [0.4, 0.5) is 18.9 Å². The van der Waals surface area contributed by atoms with E-state index in [4.69, 9.17) is 0 Å². The normalized spacial score (nSPS) is 18.0. The molecule has 158 valence electrons. The van der Waals surface area contributed by atoms with Crippen molar-refractivity contribution in [2.24, 2.45) is 13.0 Å². The van der Waals surface area contributed by atoms with Gasteiger partial charge in [-0.2, -0.15) is 13.2 Å². The summed E-state index contributed by atoms with van der Waals surface area (Å²) in [6.07, 6.45) is -3.58. The Hall–Kier alpha value is -2.55. The highest BCUT2D eigenvalue weighted by Crippen LogP contribution is 2.33. The van der Waals surface area contributed by atoms with E-state index in [0.717, 1.165) is 0 Å². The maximum absolute atomic E-state index is 12.9. The lowest BCUT2D eigenvalue weighted by Gasteiger charge is -2.33. The lowest BCUT2D eigenvalue weighted by molar-refractivity contribution is -0.186. The molecule has 0 saturated carbocycles. The van der Waals surface area contributed by atoms with Gasteiger partial charge in [-0.3, -0.25) is 14.3 Å². The van der Waals surface area contributed by atoms with Crippen molar-refractivity contribution in [3.63, 3.8) is 0 Å². The summed E-state index contributed by atoms with van der Waals surface area (Å²) in [7, 11) is 1.73. The van der Waals surface area contributed by atoms with Gasteiger partial charge in [0.25, 0.3) is 5.56 Å². The zero-order chi connectivity index (χ0) is 21.2. The van der Waals surface area contributed by atoms with Crippen LogP contribution >= 0.6 is 0 Å². The topological polar surface area (TPSA) is 59.3 Å². The second-order valence-electron chi connectivity index (χ2n) is 7.42. The average molecular weight is 410 g/mol. The largest absolute Gasteiger partial charge is 0.393 e. The minimum Gasteiger partial charge on any atom is -0.320 e. The van der Waals surface area contributed by atoms with E-state index in [1.165, 1.54) is 4.68 Å². The van der Waals surface area contributed by atoms with Gasteiger partial charge >= 0.3 is 6.18 Å². The van der Waals surface area contributed by atoms with E-state index >= 15 is 0 Å². The summed E-state index contributed by atoms with van der Waals surface area (Å²) in [6.45, 7) is 2.43. The highest BCUT2D eigenvalue weighted by molar-refractivity contribution is 5.91. The molecule has 1 aromatic carbocycles. The molecule has 1 fully saturated rings. The van der Waals surface area contributed by atoms with E-state index in [1.807, 2.05) is 18.2 Å². The number of rotatable bonds is 5. The number of aromatic nitrogens is 2. The molecule has 2 aromatic rings. The number of benzene rings is 1. The molecule has 6 nitrogen and oxygen atoms in total. The third kappa shape index (κ3) is 4.72. The van der Waals surface area contributed by atoms with Crippen LogP contribution in [0.5, 0.6) is 0 Å². The Morgan fingerprint density at radius 3 is 2.59 bits per heavy atom. The number of halogens is 3. The van der Waals surface area contributed by atoms with Gasteiger partial charge in [-0.1, -0.05) is 18.2 Å². The molecular weight excluding hydrogens is 385 g/mol. The Morgan fingerprint density at radius 1 is 1.24 bits per heavy atom. The minimum atomic E-state index is -4.20. The van der Waals surface area contributed by atoms with Gasteiger partial charge in [0.05, 0.1) is 17.3 Å². The number of alkyl halides is 3. The summed E-state index contributed by atoms with van der Waals surface area (Å²) in [6, 6.07) is 9.06. The van der Waals surface area contributed by atoms with Gasteiger partial charge in [0, 0.05) is 26.6 Å². The third-order valence-corrected chi connectivity index (χ3v) is 5.44. The van der Waals surface area contributed by atoms with Crippen molar-refractivity contribution in [2.75, 3.05) is 25.0 Å². The van der Waals surface area contributed by atoms with Crippen LogP contribution in [0.1, 0.15) is 25.0 Å². The first-order valence-corrected chi connectivity index (χ1v) is 9.61. The first kappa shape index (κ1) is 21.2. The average Bonchev–Trinajstić information content (AvgIpc) is 2.90. The van der Waals surface area contributed by atoms with Crippen molar-refractivity contribution < 1.29 is 18.0 Å². The van der Waals surface area contributed by atoms with Crippen LogP contribution in [0.15, 0.2) is 35.1 Å². The van der Waals surface area contributed by atoms with Gasteiger partial charge in [0.1, 0.15) is 5.69 Å². The first-order valence-electron chi connectivity index (χ1n) is 9.61. The number of amides is 1. The smallest absolute Gasteiger partial charge is 0.320 e. The van der Waals surface area contributed by atoms with Crippen molar-refractivity contribution in [1.29, 1.82) is 0 Å². The second kappa shape index (κ2) is 8.44. The molecular formula is C20H25F3N4O2. The fourth-order valence-corrected chi connectivity index (χ4v) is 3.70. The predicted octanol–water partition coefficient (Wildman–Crippen LogP) is 3.09. The van der Waals surface area contributed by atoms with E-state index < -0.39 is 12.1 Å². The van der Waals surface area contributed by atoms with Crippen LogP contribution in [0.3, 0.4) is 0 Å². The van der Waals surface area contributed by atoms with Crippen molar-refractivity contribution in [2.45, 2.75) is 32.4 Å². The molecule has 0 unspecified atom stereocenters. The lowest BCUT2D eigenvalue weighted by Crippen LogP contribution is -2.42. The Balaban J connectivity index is 1.65. The molecule has 3 rings (SSSR count). The number of nitrogens with one attached hydrogen (secondary N) is 1. The van der Waals surface area contributed by atoms with E-state index in [9.17, 15) is 22.8 Å². The van der Waals surface area contributed by atoms with Crippen molar-refractivity contribution in [1.82, 2.24) is 14.3 Å². The van der Waals surface area contributed by atoms with E-state index in [2.05, 4.69) is 5.32 Å². The maximum atomic E-state index is 12.9. The van der Waals surface area contributed by atoms with Gasteiger partial charge < -0.3 is 10.2 Å². The molecule has 1 atom stereocenters. The third-order valence-electron chi connectivity index (χ3n) is 5.44. The van der Waals surface area contributed by atoms with Gasteiger partial charge in [0.2, 0.25) is 5.91 Å². The summed E-state index contributed by atoms with van der Waals surface area (Å²) in [4.78, 5) is 26.8. The molecule has 0 bridgehead atoms. The molecule has 1 N–H and O–H groups in total. The van der Waals surface area contributed by atoms with Crippen molar-refractivity contribution in [3.05, 3.63) is 46.4 Å². The highest BCUT2D eigenvalue weighted by Gasteiger charge is 2.41. The number of anilines is 1. The van der Waals surface area contributed by atoms with E-state index in [-0.39, 0.29) is 43.1 Å². The Kier molecular flexibility index (Phi) is 6.16. The number of nitrogens with zero attached hydrogens (tertiary/aromatic N) is 3. The summed E-state index contributed by atoms with van der Waals surface area (Å²) in [5.74, 6) is -1.72. The number of carbonyl (C=O) groups is 1. The molecule has 0 aliphatic carbocycles. The molecule has 1 aliphatic rings. The number of hydrogen-bond acceptors (Lipinski definition) is 3. The molecule has 1 amide bonds. The zero-order valence-electron chi connectivity index (χ0n) is 16.5. The zero-order valence-corrected chi connectivity index (χ0v) is 16.5. The SMILES string of the molecule is Cc1c(NC(=O)CCN2CCC[C@@H](C(F)(F)F)C2)c(=O)n(-c2ccccc2)n1C. The van der Waals surface area contributed by atoms with Crippen LogP contribution in [0, 0.1) is 12.8 Å². The maximum Gasteiger partial charge on any atom is 0.393 e. The Labute approximate surface area is 166 Å². The van der Waals surface area contributed by atoms with Gasteiger partial charge in [-0.15, -0.1) is 0 Å². The fraction of sp³-hybridized carbons (Fsp3) is 0.500. The molecule has 0 spiro atoms. The second-order valence-corrected chi connectivity index (χ2v) is 7.42. The number of para-hydroxylation sites is 1. The van der Waals surface area contributed by atoms with Crippen LogP contribution in [0.25, 0.3) is 5.69 Å². The Morgan fingerprint density at radius 2 is 1.93 bits per heavy atom. The number of hydrogen-bond donors (Lipinski definition) is 1. The Bertz CT molecular complexity index is 918. The first-order chi connectivity index (χ1) is 13.7. The van der Waals surface area contributed by atoms with Crippen LogP contribution in [0.2, 0.25) is 0 Å². The molecule has 0 radical (unpaired) electrons.